The lowest BCUT2D eigenvalue weighted by Crippen LogP contribution is -2.49. The molecule has 0 spiro atoms. The van der Waals surface area contributed by atoms with Gasteiger partial charge in [0.05, 0.1) is 22.6 Å². The molecule has 1 aliphatic rings. The van der Waals surface area contributed by atoms with Crippen molar-refractivity contribution in [3.05, 3.63) is 69.6 Å². The molecule has 0 saturated carbocycles. The summed E-state index contributed by atoms with van der Waals surface area (Å²) in [4.78, 5) is 15.0. The summed E-state index contributed by atoms with van der Waals surface area (Å²) in [6.45, 7) is 3.96. The van der Waals surface area contributed by atoms with Crippen LogP contribution in [0, 0.1) is 6.92 Å². The zero-order valence-corrected chi connectivity index (χ0v) is 17.5. The molecule has 0 radical (unpaired) electrons. The zero-order chi connectivity index (χ0) is 20.6. The lowest BCUT2D eigenvalue weighted by molar-refractivity contribution is 0.143. The first-order valence-corrected chi connectivity index (χ1v) is 11.1. The van der Waals surface area contributed by atoms with Crippen molar-refractivity contribution in [2.24, 2.45) is 0 Å². The quantitative estimate of drug-likeness (QED) is 0.632. The molecule has 1 aliphatic heterocycles. The molecule has 4 rings (SSSR count). The molecule has 0 amide bonds. The number of hydrogen-bond acceptors (Lipinski definition) is 5. The first-order valence-electron chi connectivity index (χ1n) is 9.31. The van der Waals surface area contributed by atoms with Crippen LogP contribution < -0.4 is 5.56 Å². The van der Waals surface area contributed by atoms with Gasteiger partial charge in [0.1, 0.15) is 0 Å². The number of nitrogens with zero attached hydrogens (tertiary/aromatic N) is 4. The molecule has 7 nitrogen and oxygen atoms in total. The third kappa shape index (κ3) is 3.93. The molecule has 9 heteroatoms. The first kappa shape index (κ1) is 20.0. The molecule has 1 fully saturated rings. The third-order valence-electron chi connectivity index (χ3n) is 5.17. The van der Waals surface area contributed by atoms with Gasteiger partial charge >= 0.3 is 0 Å². The second kappa shape index (κ2) is 7.87. The Labute approximate surface area is 174 Å². The number of aromatic nitrogens is 2. The van der Waals surface area contributed by atoms with Crippen molar-refractivity contribution < 1.29 is 8.42 Å². The van der Waals surface area contributed by atoms with Gasteiger partial charge < -0.3 is 0 Å². The number of benzene rings is 2. The molecule has 0 unspecified atom stereocenters. The van der Waals surface area contributed by atoms with E-state index in [-0.39, 0.29) is 10.5 Å². The Morgan fingerprint density at radius 2 is 1.59 bits per heavy atom. The highest BCUT2D eigenvalue weighted by Gasteiger charge is 2.28. The molecule has 1 aromatic heterocycles. The van der Waals surface area contributed by atoms with Crippen molar-refractivity contribution in [3.8, 4) is 0 Å². The summed E-state index contributed by atoms with van der Waals surface area (Å²) in [6, 6.07) is 13.6. The Bertz CT molecular complexity index is 1200. The fraction of sp³-hybridized carbons (Fsp3) is 0.300. The van der Waals surface area contributed by atoms with Gasteiger partial charge in [0, 0.05) is 36.6 Å². The molecule has 0 atom stereocenters. The normalized spacial score (nSPS) is 16.3. The maximum atomic E-state index is 12.8. The van der Waals surface area contributed by atoms with E-state index >= 15 is 0 Å². The van der Waals surface area contributed by atoms with E-state index in [0.717, 1.165) is 11.1 Å². The monoisotopic (exact) mass is 432 g/mol. The first-order chi connectivity index (χ1) is 13.9. The number of hydrogen-bond donors (Lipinski definition) is 0. The molecule has 1 saturated heterocycles. The lowest BCUT2D eigenvalue weighted by Gasteiger charge is -2.33. The fourth-order valence-corrected chi connectivity index (χ4v) is 5.10. The van der Waals surface area contributed by atoms with Crippen LogP contribution in [0.2, 0.25) is 5.02 Å². The van der Waals surface area contributed by atoms with Crippen LogP contribution in [0.1, 0.15) is 5.69 Å². The number of halogens is 1. The molecule has 0 aliphatic carbocycles. The van der Waals surface area contributed by atoms with E-state index in [0.29, 0.717) is 43.3 Å². The Balaban J connectivity index is 1.48. The minimum atomic E-state index is -3.55. The lowest BCUT2D eigenvalue weighted by atomic mass is 10.1. The smallest absolute Gasteiger partial charge is 0.275 e. The van der Waals surface area contributed by atoms with Crippen molar-refractivity contribution in [1.82, 2.24) is 19.0 Å². The van der Waals surface area contributed by atoms with Gasteiger partial charge in [-0.05, 0) is 37.3 Å². The van der Waals surface area contributed by atoms with Gasteiger partial charge in [0.25, 0.3) is 5.56 Å². The summed E-state index contributed by atoms with van der Waals surface area (Å²) < 4.78 is 28.5. The highest BCUT2D eigenvalue weighted by molar-refractivity contribution is 7.89. The van der Waals surface area contributed by atoms with Gasteiger partial charge in [-0.15, -0.1) is 0 Å². The predicted octanol–water partition coefficient (Wildman–Crippen LogP) is 2.32. The van der Waals surface area contributed by atoms with Crippen molar-refractivity contribution in [1.29, 1.82) is 0 Å². The van der Waals surface area contributed by atoms with Gasteiger partial charge in [0.2, 0.25) is 10.0 Å². The van der Waals surface area contributed by atoms with Crippen LogP contribution in [0.3, 0.4) is 0 Å². The van der Waals surface area contributed by atoms with E-state index in [2.05, 4.69) is 5.10 Å². The van der Waals surface area contributed by atoms with Gasteiger partial charge in [-0.1, -0.05) is 29.8 Å². The van der Waals surface area contributed by atoms with Crippen LogP contribution in [-0.2, 0) is 16.7 Å². The van der Waals surface area contributed by atoms with Crippen LogP contribution in [0.15, 0.2) is 58.2 Å². The van der Waals surface area contributed by atoms with Gasteiger partial charge in [-0.3, -0.25) is 9.69 Å². The topological polar surface area (TPSA) is 75.5 Å². The van der Waals surface area contributed by atoms with Crippen LogP contribution in [0.25, 0.3) is 10.8 Å². The highest BCUT2D eigenvalue weighted by atomic mass is 35.5. The highest BCUT2D eigenvalue weighted by Crippen LogP contribution is 2.20. The van der Waals surface area contributed by atoms with Crippen molar-refractivity contribution in [3.63, 3.8) is 0 Å². The van der Waals surface area contributed by atoms with Crippen molar-refractivity contribution in [2.75, 3.05) is 26.2 Å². The van der Waals surface area contributed by atoms with E-state index in [1.807, 2.05) is 30.0 Å². The van der Waals surface area contributed by atoms with Gasteiger partial charge in [0.15, 0.2) is 0 Å². The van der Waals surface area contributed by atoms with E-state index < -0.39 is 10.0 Å². The Morgan fingerprint density at radius 3 is 2.24 bits per heavy atom. The standard InChI is InChI=1S/C20H21ClN4O3S/c1-15-18-4-2-3-5-19(18)20(26)25(22-15)14-23-10-12-24(13-11-23)29(27,28)17-8-6-16(21)7-9-17/h2-9H,10-14H2,1H3. The molecule has 29 heavy (non-hydrogen) atoms. The summed E-state index contributed by atoms with van der Waals surface area (Å²) >= 11 is 5.86. The summed E-state index contributed by atoms with van der Waals surface area (Å²) in [5.74, 6) is 0. The molecule has 2 aromatic carbocycles. The Hall–Kier alpha value is -2.26. The van der Waals surface area contributed by atoms with Gasteiger partial charge in [-0.2, -0.15) is 9.40 Å². The SMILES string of the molecule is Cc1nn(CN2CCN(S(=O)(=O)c3ccc(Cl)cc3)CC2)c(=O)c2ccccc12. The number of rotatable bonds is 4. The average molecular weight is 433 g/mol. The van der Waals surface area contributed by atoms with Crippen LogP contribution >= 0.6 is 11.6 Å². The van der Waals surface area contributed by atoms with E-state index in [1.54, 1.807) is 18.2 Å². The van der Waals surface area contributed by atoms with E-state index in [4.69, 9.17) is 11.6 Å². The number of fused-ring (bicyclic) bond motifs is 1. The number of sulfonamides is 1. The minimum Gasteiger partial charge on any atom is -0.282 e. The molecular weight excluding hydrogens is 412 g/mol. The molecule has 152 valence electrons. The van der Waals surface area contributed by atoms with Crippen LogP contribution in [0.5, 0.6) is 0 Å². The minimum absolute atomic E-state index is 0.137. The predicted molar refractivity (Wildman–Crippen MR) is 113 cm³/mol. The van der Waals surface area contributed by atoms with Crippen molar-refractivity contribution in [2.45, 2.75) is 18.5 Å². The number of aryl methyl sites for hydroxylation is 1. The summed E-state index contributed by atoms with van der Waals surface area (Å²) in [5.41, 5.74) is 0.659. The molecule has 0 N–H and O–H groups in total. The maximum absolute atomic E-state index is 12.8. The summed E-state index contributed by atoms with van der Waals surface area (Å²) in [6.07, 6.45) is 0. The van der Waals surface area contributed by atoms with Crippen LogP contribution in [0.4, 0.5) is 0 Å². The zero-order valence-electron chi connectivity index (χ0n) is 16.0. The maximum Gasteiger partial charge on any atom is 0.275 e. The van der Waals surface area contributed by atoms with Crippen LogP contribution in [-0.4, -0.2) is 53.6 Å². The molecule has 2 heterocycles. The average Bonchev–Trinajstić information content (AvgIpc) is 2.72. The van der Waals surface area contributed by atoms with E-state index in [1.165, 1.54) is 21.1 Å². The van der Waals surface area contributed by atoms with Gasteiger partial charge in [-0.25, -0.2) is 13.1 Å². The third-order valence-corrected chi connectivity index (χ3v) is 7.33. The fourth-order valence-electron chi connectivity index (χ4n) is 3.56. The van der Waals surface area contributed by atoms with Crippen molar-refractivity contribution >= 4 is 32.4 Å². The second-order valence-electron chi connectivity index (χ2n) is 7.05. The second-order valence-corrected chi connectivity index (χ2v) is 9.43. The molecule has 0 bridgehead atoms. The number of piperazine rings is 1. The van der Waals surface area contributed by atoms with E-state index in [9.17, 15) is 13.2 Å². The molecule has 3 aromatic rings. The summed E-state index contributed by atoms with van der Waals surface area (Å²) in [5, 5.41) is 6.43. The largest absolute Gasteiger partial charge is 0.282 e. The Morgan fingerprint density at radius 1 is 0.966 bits per heavy atom. The Kier molecular flexibility index (Phi) is 5.44. The molecular formula is C20H21ClN4O3S. The summed E-state index contributed by atoms with van der Waals surface area (Å²) in [7, 11) is -3.55.